The van der Waals surface area contributed by atoms with Crippen molar-refractivity contribution in [2.75, 3.05) is 0 Å². The zero-order valence-electron chi connectivity index (χ0n) is 13.1. The van der Waals surface area contributed by atoms with E-state index in [1.54, 1.807) is 0 Å². The van der Waals surface area contributed by atoms with Gasteiger partial charge >= 0.3 is 5.69 Å². The van der Waals surface area contributed by atoms with Crippen LogP contribution in [0.2, 0.25) is 0 Å². The molecule has 6 nitrogen and oxygen atoms in total. The van der Waals surface area contributed by atoms with Gasteiger partial charge in [-0.05, 0) is 35.2 Å². The van der Waals surface area contributed by atoms with Crippen molar-refractivity contribution >= 4 is 16.9 Å². The van der Waals surface area contributed by atoms with Crippen molar-refractivity contribution in [2.45, 2.75) is 25.6 Å². The summed E-state index contributed by atoms with van der Waals surface area (Å²) >= 11 is 0. The van der Waals surface area contributed by atoms with Gasteiger partial charge in [-0.25, -0.2) is 4.79 Å². The van der Waals surface area contributed by atoms with Gasteiger partial charge in [-0.3, -0.25) is 4.79 Å². The number of rotatable bonds is 3. The van der Waals surface area contributed by atoms with Crippen molar-refractivity contribution in [3.8, 4) is 0 Å². The highest BCUT2D eigenvalue weighted by Gasteiger charge is 2.23. The molecule has 3 aromatic rings. The van der Waals surface area contributed by atoms with Crippen molar-refractivity contribution in [3.05, 3.63) is 69.6 Å². The van der Waals surface area contributed by atoms with E-state index in [9.17, 15) is 9.59 Å². The van der Waals surface area contributed by atoms with E-state index in [4.69, 9.17) is 0 Å². The number of carbonyl (C=O) groups is 1. The second kappa shape index (κ2) is 5.98. The molecular weight excluding hydrogens is 304 g/mol. The minimum atomic E-state index is -0.226. The van der Waals surface area contributed by atoms with E-state index in [1.807, 2.05) is 30.3 Å². The van der Waals surface area contributed by atoms with Gasteiger partial charge in [-0.15, -0.1) is 0 Å². The van der Waals surface area contributed by atoms with Gasteiger partial charge in [0, 0.05) is 13.1 Å². The Labute approximate surface area is 138 Å². The number of carbonyl (C=O) groups excluding carboxylic acids is 1. The lowest BCUT2D eigenvalue weighted by molar-refractivity contribution is -0.123. The van der Waals surface area contributed by atoms with E-state index in [-0.39, 0.29) is 17.6 Å². The van der Waals surface area contributed by atoms with Gasteiger partial charge in [0.15, 0.2) is 0 Å². The highest BCUT2D eigenvalue weighted by molar-refractivity contribution is 5.82. The van der Waals surface area contributed by atoms with E-state index < -0.39 is 0 Å². The molecule has 24 heavy (non-hydrogen) atoms. The standard InChI is InChI=1S/C18H18N4O2/c23-17(16-8-12-3-1-2-4-13(12)10-19-16)20-9-11-5-6-14-15(7-11)22-18(24)21-14/h1-7,16,19H,8-10H2,(H,20,23)(H2,21,22,24)/t16-/m1/s1. The highest BCUT2D eigenvalue weighted by Crippen LogP contribution is 2.16. The molecule has 1 aromatic heterocycles. The largest absolute Gasteiger partial charge is 0.351 e. The molecule has 1 aliphatic rings. The van der Waals surface area contributed by atoms with E-state index in [2.05, 4.69) is 32.7 Å². The molecule has 0 radical (unpaired) electrons. The summed E-state index contributed by atoms with van der Waals surface area (Å²) in [7, 11) is 0. The Hall–Kier alpha value is -2.86. The molecule has 4 rings (SSSR count). The van der Waals surface area contributed by atoms with E-state index >= 15 is 0 Å². The van der Waals surface area contributed by atoms with Crippen LogP contribution in [0.4, 0.5) is 0 Å². The lowest BCUT2D eigenvalue weighted by Gasteiger charge is -2.25. The van der Waals surface area contributed by atoms with Crippen LogP contribution in [0.1, 0.15) is 16.7 Å². The summed E-state index contributed by atoms with van der Waals surface area (Å²) in [6, 6.07) is 13.6. The number of fused-ring (bicyclic) bond motifs is 2. The summed E-state index contributed by atoms with van der Waals surface area (Å²) in [5, 5.41) is 6.25. The number of amides is 1. The third-order valence-electron chi connectivity index (χ3n) is 4.44. The molecule has 1 atom stereocenters. The number of hydrogen-bond donors (Lipinski definition) is 4. The summed E-state index contributed by atoms with van der Waals surface area (Å²) in [6.45, 7) is 1.15. The monoisotopic (exact) mass is 322 g/mol. The molecule has 0 aliphatic carbocycles. The van der Waals surface area contributed by atoms with Crippen LogP contribution >= 0.6 is 0 Å². The molecule has 0 saturated heterocycles. The third kappa shape index (κ3) is 2.83. The van der Waals surface area contributed by atoms with Crippen LogP contribution in [0.3, 0.4) is 0 Å². The molecule has 4 N–H and O–H groups in total. The second-order valence-electron chi connectivity index (χ2n) is 6.08. The van der Waals surface area contributed by atoms with Gasteiger partial charge in [-0.2, -0.15) is 0 Å². The van der Waals surface area contributed by atoms with Gasteiger partial charge in [0.05, 0.1) is 17.1 Å². The number of benzene rings is 2. The Morgan fingerprint density at radius 1 is 1.08 bits per heavy atom. The Kier molecular flexibility index (Phi) is 3.66. The van der Waals surface area contributed by atoms with Crippen LogP contribution < -0.4 is 16.3 Å². The van der Waals surface area contributed by atoms with Crippen LogP contribution in [0.15, 0.2) is 47.3 Å². The van der Waals surface area contributed by atoms with Crippen LogP contribution in [-0.2, 0) is 24.3 Å². The van der Waals surface area contributed by atoms with Crippen LogP contribution in [0, 0.1) is 0 Å². The van der Waals surface area contributed by atoms with Crippen molar-refractivity contribution in [1.82, 2.24) is 20.6 Å². The first-order valence-electron chi connectivity index (χ1n) is 7.98. The average molecular weight is 322 g/mol. The minimum Gasteiger partial charge on any atom is -0.351 e. The fourth-order valence-electron chi connectivity index (χ4n) is 3.14. The molecule has 0 spiro atoms. The van der Waals surface area contributed by atoms with Gasteiger partial charge in [0.2, 0.25) is 5.91 Å². The molecule has 122 valence electrons. The molecule has 1 aliphatic heterocycles. The Bertz CT molecular complexity index is 957. The molecule has 2 heterocycles. The van der Waals surface area contributed by atoms with Gasteiger partial charge in [0.25, 0.3) is 0 Å². The maximum absolute atomic E-state index is 12.4. The first-order chi connectivity index (χ1) is 11.7. The summed E-state index contributed by atoms with van der Waals surface area (Å²) in [5.41, 5.74) is 4.71. The van der Waals surface area contributed by atoms with Crippen molar-refractivity contribution in [3.63, 3.8) is 0 Å². The van der Waals surface area contributed by atoms with Gasteiger partial charge < -0.3 is 20.6 Å². The predicted octanol–water partition coefficient (Wildman–Crippen LogP) is 1.19. The Balaban J connectivity index is 1.42. The number of aromatic nitrogens is 2. The zero-order chi connectivity index (χ0) is 16.5. The highest BCUT2D eigenvalue weighted by atomic mass is 16.2. The Morgan fingerprint density at radius 3 is 2.75 bits per heavy atom. The summed E-state index contributed by atoms with van der Waals surface area (Å²) in [5.74, 6) is -0.00726. The maximum Gasteiger partial charge on any atom is 0.323 e. The first kappa shape index (κ1) is 14.7. The number of nitrogens with one attached hydrogen (secondary N) is 4. The van der Waals surface area contributed by atoms with Crippen molar-refractivity contribution < 1.29 is 4.79 Å². The summed E-state index contributed by atoms with van der Waals surface area (Å²) in [4.78, 5) is 29.1. The van der Waals surface area contributed by atoms with E-state index in [0.717, 1.165) is 16.6 Å². The number of hydrogen-bond acceptors (Lipinski definition) is 3. The quantitative estimate of drug-likeness (QED) is 0.584. The fraction of sp³-hybridized carbons (Fsp3) is 0.222. The molecule has 1 amide bonds. The summed E-state index contributed by atoms with van der Waals surface area (Å²) < 4.78 is 0. The first-order valence-corrected chi connectivity index (χ1v) is 7.98. The lowest BCUT2D eigenvalue weighted by Crippen LogP contribution is -2.47. The van der Waals surface area contributed by atoms with E-state index in [1.165, 1.54) is 11.1 Å². The zero-order valence-corrected chi connectivity index (χ0v) is 13.1. The van der Waals surface area contributed by atoms with Gasteiger partial charge in [0.1, 0.15) is 0 Å². The number of imidazole rings is 1. The molecule has 0 bridgehead atoms. The van der Waals surface area contributed by atoms with Crippen LogP contribution in [0.25, 0.3) is 11.0 Å². The van der Waals surface area contributed by atoms with Gasteiger partial charge in [-0.1, -0.05) is 30.3 Å². The molecule has 0 saturated carbocycles. The minimum absolute atomic E-state index is 0.00726. The molecule has 0 unspecified atom stereocenters. The van der Waals surface area contributed by atoms with E-state index in [0.29, 0.717) is 19.5 Å². The maximum atomic E-state index is 12.4. The SMILES string of the molecule is O=C(NCc1ccc2[nH]c(=O)[nH]c2c1)[C@H]1Cc2ccccc2CN1. The Morgan fingerprint density at radius 2 is 1.88 bits per heavy atom. The molecular formula is C18H18N4O2. The fourth-order valence-corrected chi connectivity index (χ4v) is 3.14. The van der Waals surface area contributed by atoms with Crippen LogP contribution in [-0.4, -0.2) is 21.9 Å². The number of aromatic amines is 2. The van der Waals surface area contributed by atoms with Crippen LogP contribution in [0.5, 0.6) is 0 Å². The topological polar surface area (TPSA) is 89.8 Å². The molecule has 2 aromatic carbocycles. The third-order valence-corrected chi connectivity index (χ3v) is 4.44. The second-order valence-corrected chi connectivity index (χ2v) is 6.08. The van der Waals surface area contributed by atoms with Crippen molar-refractivity contribution in [2.24, 2.45) is 0 Å². The molecule has 6 heteroatoms. The van der Waals surface area contributed by atoms with Crippen molar-refractivity contribution in [1.29, 1.82) is 0 Å². The lowest BCUT2D eigenvalue weighted by atomic mass is 9.95. The summed E-state index contributed by atoms with van der Waals surface area (Å²) in [6.07, 6.45) is 0.701. The molecule has 0 fully saturated rings. The predicted molar refractivity (Wildman–Crippen MR) is 91.5 cm³/mol. The average Bonchev–Trinajstić information content (AvgIpc) is 2.98. The number of H-pyrrole nitrogens is 2. The normalized spacial score (nSPS) is 16.8. The smallest absolute Gasteiger partial charge is 0.323 e.